The quantitative estimate of drug-likeness (QED) is 0.484. The van der Waals surface area contributed by atoms with E-state index in [-0.39, 0.29) is 10.0 Å². The molecule has 0 bridgehead atoms. The molecule has 1 aromatic heterocycles. The van der Waals surface area contributed by atoms with Gasteiger partial charge in [0.1, 0.15) is 9.90 Å². The zero-order valence-corrected chi connectivity index (χ0v) is 19.8. The Bertz CT molecular complexity index is 1130. The molecule has 2 aliphatic heterocycles. The van der Waals surface area contributed by atoms with Gasteiger partial charge in [0.25, 0.3) is 10.0 Å². The molecular formula is C17H20ClN3O3S4. The van der Waals surface area contributed by atoms with Crippen molar-refractivity contribution in [1.82, 2.24) is 9.55 Å². The third kappa shape index (κ3) is 4.40. The van der Waals surface area contributed by atoms with Gasteiger partial charge in [0.05, 0.1) is 8.55 Å². The van der Waals surface area contributed by atoms with Crippen LogP contribution in [0.1, 0.15) is 30.8 Å². The third-order valence-corrected chi connectivity index (χ3v) is 9.64. The number of anilines is 1. The summed E-state index contributed by atoms with van der Waals surface area (Å²) in [6.45, 7) is 8.09. The summed E-state index contributed by atoms with van der Waals surface area (Å²) in [5, 5.41) is 0. The van der Waals surface area contributed by atoms with Gasteiger partial charge < -0.3 is 0 Å². The minimum absolute atomic E-state index is 0.0564. The molecule has 0 spiro atoms. The van der Waals surface area contributed by atoms with Crippen LogP contribution in [0.2, 0.25) is 4.34 Å². The van der Waals surface area contributed by atoms with Gasteiger partial charge in [-0.05, 0) is 44.1 Å². The number of aryl methyl sites for hydroxylation is 1. The van der Waals surface area contributed by atoms with Crippen molar-refractivity contribution in [3.05, 3.63) is 37.5 Å². The molecule has 1 aromatic rings. The largest absolute Gasteiger partial charge is 0.354 e. The number of halogens is 1. The molecule has 1 N–H and O–H groups in total. The standard InChI is InChI=1S/C17H20ClN3O3S4/c1-9(2)7-8-25-16-14-15(19-17(22)21(14)10(3)11(4)26-16)20-28(23,24)13-6-5-12(18)27-13/h5-6,9H,7-8H2,1-4H3,(H,19,20,22). The van der Waals surface area contributed by atoms with E-state index in [4.69, 9.17) is 11.6 Å². The average Bonchev–Trinajstić information content (AvgIpc) is 3.16. The van der Waals surface area contributed by atoms with Gasteiger partial charge in [-0.2, -0.15) is 4.98 Å². The van der Waals surface area contributed by atoms with E-state index < -0.39 is 15.7 Å². The highest BCUT2D eigenvalue weighted by Crippen LogP contribution is 2.39. The average molecular weight is 478 g/mol. The number of thiophene rings is 1. The van der Waals surface area contributed by atoms with E-state index in [2.05, 4.69) is 23.6 Å². The number of rotatable bonds is 7. The lowest BCUT2D eigenvalue weighted by Gasteiger charge is -2.16. The van der Waals surface area contributed by atoms with Crippen LogP contribution in [0.3, 0.4) is 0 Å². The Morgan fingerprint density at radius 1 is 1.29 bits per heavy atom. The molecule has 6 nitrogen and oxygen atoms in total. The molecule has 0 unspecified atom stereocenters. The number of imidazole rings is 1. The Morgan fingerprint density at radius 2 is 2.00 bits per heavy atom. The summed E-state index contributed by atoms with van der Waals surface area (Å²) >= 11 is 9.99. The number of aromatic nitrogens is 2. The minimum Gasteiger partial charge on any atom is -0.261 e. The lowest BCUT2D eigenvalue weighted by Crippen LogP contribution is -2.17. The molecule has 28 heavy (non-hydrogen) atoms. The SMILES string of the molecule is Cc1sc(SCCC(C)C)c2c(NS(=O)(=O)c3ccc(Cl)s3)nc(=O)n-2c1C. The first-order valence-electron chi connectivity index (χ1n) is 8.54. The van der Waals surface area contributed by atoms with Crippen LogP contribution in [0.5, 0.6) is 0 Å². The summed E-state index contributed by atoms with van der Waals surface area (Å²) in [4.78, 5) is 17.5. The van der Waals surface area contributed by atoms with E-state index in [0.29, 0.717) is 15.9 Å². The molecule has 0 saturated carbocycles. The highest BCUT2D eigenvalue weighted by atomic mass is 35.5. The van der Waals surface area contributed by atoms with Gasteiger partial charge in [0.2, 0.25) is 0 Å². The highest BCUT2D eigenvalue weighted by molar-refractivity contribution is 8.01. The monoisotopic (exact) mass is 477 g/mol. The van der Waals surface area contributed by atoms with Gasteiger partial charge in [-0.15, -0.1) is 34.4 Å². The fourth-order valence-electron chi connectivity index (χ4n) is 2.49. The molecule has 2 aliphatic rings. The molecule has 0 radical (unpaired) electrons. The van der Waals surface area contributed by atoms with Crippen LogP contribution in [0.15, 0.2) is 25.3 Å². The predicted octanol–water partition coefficient (Wildman–Crippen LogP) is 5.00. The van der Waals surface area contributed by atoms with Crippen LogP contribution < -0.4 is 10.4 Å². The van der Waals surface area contributed by atoms with Gasteiger partial charge in [-0.25, -0.2) is 13.2 Å². The Balaban J connectivity index is 2.07. The van der Waals surface area contributed by atoms with Crippen molar-refractivity contribution >= 4 is 61.9 Å². The van der Waals surface area contributed by atoms with Gasteiger partial charge in [-0.1, -0.05) is 25.4 Å². The maximum Gasteiger partial charge on any atom is 0.354 e. The van der Waals surface area contributed by atoms with Crippen LogP contribution >= 0.6 is 46.0 Å². The van der Waals surface area contributed by atoms with Gasteiger partial charge in [0, 0.05) is 10.6 Å². The molecule has 0 atom stereocenters. The number of sulfonamides is 1. The molecule has 0 saturated heterocycles. The van der Waals surface area contributed by atoms with E-state index in [1.807, 2.05) is 13.8 Å². The van der Waals surface area contributed by atoms with Gasteiger partial charge in [0.15, 0.2) is 5.82 Å². The van der Waals surface area contributed by atoms with Crippen molar-refractivity contribution < 1.29 is 8.42 Å². The van der Waals surface area contributed by atoms with E-state index in [1.165, 1.54) is 16.7 Å². The van der Waals surface area contributed by atoms with E-state index in [9.17, 15) is 13.2 Å². The molecule has 11 heteroatoms. The Hall–Kier alpha value is -1.07. The second-order valence-corrected chi connectivity index (χ2v) is 12.9. The topological polar surface area (TPSA) is 81.1 Å². The van der Waals surface area contributed by atoms with E-state index in [1.54, 1.807) is 23.1 Å². The second-order valence-electron chi connectivity index (χ2n) is 6.65. The van der Waals surface area contributed by atoms with Crippen LogP contribution in [0.25, 0.3) is 5.69 Å². The lowest BCUT2D eigenvalue weighted by atomic mass is 10.2. The lowest BCUT2D eigenvalue weighted by molar-refractivity contribution is 0.603. The Labute approximate surface area is 181 Å². The normalized spacial score (nSPS) is 12.2. The molecule has 3 heterocycles. The van der Waals surface area contributed by atoms with Crippen molar-refractivity contribution in [3.63, 3.8) is 0 Å². The number of thioether (sulfide) groups is 1. The number of nitrogens with one attached hydrogen (secondary N) is 1. The Morgan fingerprint density at radius 3 is 2.61 bits per heavy atom. The fraction of sp³-hybridized carbons (Fsp3) is 0.412. The third-order valence-electron chi connectivity index (χ3n) is 4.10. The van der Waals surface area contributed by atoms with Crippen molar-refractivity contribution in [1.29, 1.82) is 0 Å². The summed E-state index contributed by atoms with van der Waals surface area (Å²) in [6.07, 6.45) is 1.02. The van der Waals surface area contributed by atoms with Crippen LogP contribution in [0.4, 0.5) is 5.82 Å². The molecule has 0 aromatic carbocycles. The smallest absolute Gasteiger partial charge is 0.261 e. The molecule has 0 amide bonds. The van der Waals surface area contributed by atoms with E-state index >= 15 is 0 Å². The second kappa shape index (κ2) is 8.35. The van der Waals surface area contributed by atoms with Crippen molar-refractivity contribution in [2.24, 2.45) is 5.92 Å². The molecule has 3 rings (SSSR count). The molecule has 0 fully saturated rings. The van der Waals surface area contributed by atoms with Crippen molar-refractivity contribution in [2.75, 3.05) is 10.5 Å². The molecule has 152 valence electrons. The highest BCUT2D eigenvalue weighted by Gasteiger charge is 2.27. The minimum atomic E-state index is -3.88. The molecule has 0 aliphatic carbocycles. The number of fused-ring (bicyclic) bond motifs is 1. The first-order valence-corrected chi connectivity index (χ1v) is 13.0. The maximum absolute atomic E-state index is 12.7. The van der Waals surface area contributed by atoms with Gasteiger partial charge in [-0.3, -0.25) is 9.29 Å². The zero-order chi connectivity index (χ0) is 20.6. The van der Waals surface area contributed by atoms with Crippen LogP contribution in [-0.2, 0) is 10.0 Å². The predicted molar refractivity (Wildman–Crippen MR) is 119 cm³/mol. The molecular weight excluding hydrogens is 458 g/mol. The zero-order valence-electron chi connectivity index (χ0n) is 15.8. The summed E-state index contributed by atoms with van der Waals surface area (Å²) in [5.74, 6) is 1.49. The first kappa shape index (κ1) is 21.6. The fourth-order valence-corrected chi connectivity index (χ4v) is 7.75. The van der Waals surface area contributed by atoms with Crippen molar-refractivity contribution in [2.45, 2.75) is 42.5 Å². The van der Waals surface area contributed by atoms with Crippen molar-refractivity contribution in [3.8, 4) is 5.69 Å². The summed E-state index contributed by atoms with van der Waals surface area (Å²) in [5.41, 5.74) is 0.782. The Kier molecular flexibility index (Phi) is 6.45. The number of hydrogen-bond acceptors (Lipinski definition) is 7. The first-order chi connectivity index (χ1) is 13.1. The summed E-state index contributed by atoms with van der Waals surface area (Å²) < 4.78 is 30.7. The maximum atomic E-state index is 12.7. The van der Waals surface area contributed by atoms with Gasteiger partial charge >= 0.3 is 5.69 Å². The van der Waals surface area contributed by atoms with E-state index in [0.717, 1.165) is 38.3 Å². The van der Waals surface area contributed by atoms with Crippen LogP contribution in [0, 0.1) is 19.8 Å². The summed E-state index contributed by atoms with van der Waals surface area (Å²) in [7, 11) is -3.88. The number of nitrogens with zero attached hydrogens (tertiary/aromatic N) is 2. The number of hydrogen-bond donors (Lipinski definition) is 1. The van der Waals surface area contributed by atoms with Crippen LogP contribution in [-0.4, -0.2) is 23.7 Å². The summed E-state index contributed by atoms with van der Waals surface area (Å²) in [6, 6.07) is 2.95.